The van der Waals surface area contributed by atoms with E-state index in [0.29, 0.717) is 10.9 Å². The van der Waals surface area contributed by atoms with Gasteiger partial charge in [0.05, 0.1) is 46.8 Å². The molecular formula is C29H26N4O3. The number of hydrogen-bond acceptors (Lipinski definition) is 4. The number of benzene rings is 3. The highest BCUT2D eigenvalue weighted by Gasteiger charge is 2.34. The summed E-state index contributed by atoms with van der Waals surface area (Å²) in [6.07, 6.45) is 0. The minimum absolute atomic E-state index is 0.271. The molecule has 6 rings (SSSR count). The maximum atomic E-state index is 13.7. The van der Waals surface area contributed by atoms with Gasteiger partial charge in [-0.05, 0) is 54.4 Å². The number of aromatic nitrogens is 3. The first-order chi connectivity index (χ1) is 17.4. The summed E-state index contributed by atoms with van der Waals surface area (Å²) < 4.78 is 10.3. The quantitative estimate of drug-likeness (QED) is 0.414. The van der Waals surface area contributed by atoms with Gasteiger partial charge in [0.15, 0.2) is 0 Å². The Hall–Kier alpha value is -4.52. The van der Waals surface area contributed by atoms with E-state index in [1.165, 1.54) is 11.6 Å². The molecule has 0 spiro atoms. The van der Waals surface area contributed by atoms with E-state index in [4.69, 9.17) is 4.74 Å². The summed E-state index contributed by atoms with van der Waals surface area (Å²) in [7, 11) is 4.89. The fraction of sp³-hybridized carbons (Fsp3) is 0.172. The lowest BCUT2D eigenvalue weighted by Gasteiger charge is -2.31. The second-order valence-electron chi connectivity index (χ2n) is 9.23. The Morgan fingerprint density at radius 2 is 1.56 bits per heavy atom. The molecule has 0 aliphatic carbocycles. The molecule has 3 heterocycles. The molecule has 1 N–H and O–H groups in total. The van der Waals surface area contributed by atoms with Crippen molar-refractivity contribution in [1.82, 2.24) is 13.7 Å². The average Bonchev–Trinajstić information content (AvgIpc) is 3.27. The summed E-state index contributed by atoms with van der Waals surface area (Å²) in [5.74, 6) is 0.730. The lowest BCUT2D eigenvalue weighted by molar-refractivity contribution is 0.415. The molecule has 0 saturated heterocycles. The van der Waals surface area contributed by atoms with Crippen LogP contribution in [0.3, 0.4) is 0 Å². The molecular weight excluding hydrogens is 452 g/mol. The fourth-order valence-corrected chi connectivity index (χ4v) is 5.25. The van der Waals surface area contributed by atoms with Crippen LogP contribution in [-0.4, -0.2) is 20.8 Å². The number of fused-ring (bicyclic) bond motifs is 5. The van der Waals surface area contributed by atoms with Crippen LogP contribution in [0.25, 0.3) is 27.8 Å². The van der Waals surface area contributed by atoms with Crippen molar-refractivity contribution in [2.45, 2.75) is 13.0 Å². The van der Waals surface area contributed by atoms with Crippen molar-refractivity contribution in [3.8, 4) is 22.7 Å². The van der Waals surface area contributed by atoms with E-state index in [2.05, 4.69) is 41.1 Å². The second kappa shape index (κ2) is 8.02. The maximum absolute atomic E-state index is 13.7. The van der Waals surface area contributed by atoms with Gasteiger partial charge in [0.1, 0.15) is 5.75 Å². The summed E-state index contributed by atoms with van der Waals surface area (Å²) in [5, 5.41) is 4.19. The van der Waals surface area contributed by atoms with Crippen molar-refractivity contribution in [2.24, 2.45) is 14.1 Å². The van der Waals surface area contributed by atoms with Gasteiger partial charge >= 0.3 is 5.69 Å². The van der Waals surface area contributed by atoms with E-state index in [1.54, 1.807) is 18.7 Å². The Kier molecular flexibility index (Phi) is 4.89. The second-order valence-corrected chi connectivity index (χ2v) is 9.23. The highest BCUT2D eigenvalue weighted by atomic mass is 16.5. The third kappa shape index (κ3) is 3.05. The van der Waals surface area contributed by atoms with Gasteiger partial charge in [-0.15, -0.1) is 0 Å². The van der Waals surface area contributed by atoms with Gasteiger partial charge in [-0.3, -0.25) is 13.9 Å². The molecule has 0 bridgehead atoms. The molecule has 0 fully saturated rings. The smallest absolute Gasteiger partial charge is 0.331 e. The largest absolute Gasteiger partial charge is 0.497 e. The molecule has 180 valence electrons. The third-order valence-corrected chi connectivity index (χ3v) is 7.10. The Balaban J connectivity index is 1.83. The first kappa shape index (κ1) is 22.0. The zero-order valence-corrected chi connectivity index (χ0v) is 20.6. The van der Waals surface area contributed by atoms with Gasteiger partial charge < -0.3 is 14.6 Å². The van der Waals surface area contributed by atoms with Crippen molar-refractivity contribution < 1.29 is 4.74 Å². The Morgan fingerprint density at radius 1 is 0.861 bits per heavy atom. The number of para-hydroxylation sites is 2. The molecule has 7 heteroatoms. The van der Waals surface area contributed by atoms with Gasteiger partial charge in [0, 0.05) is 14.1 Å². The fourth-order valence-electron chi connectivity index (χ4n) is 5.25. The van der Waals surface area contributed by atoms with Crippen molar-refractivity contribution in [2.75, 3.05) is 12.4 Å². The summed E-state index contributed by atoms with van der Waals surface area (Å²) in [6.45, 7) is 2.06. The Bertz CT molecular complexity index is 1760. The standard InChI is InChI=1S/C29H26N4O3/c1-17-9-11-18(12-10-17)24-27-26-23(28(34)32(3)29(35)31(26)2)25(19-13-15-20(36-4)16-14-19)33(27)22-8-6-5-7-21(22)30-24/h5-16,24,30H,1-4H3/t24-/m1/s1. The SMILES string of the molecule is COc1ccc(-c2c3c(=O)n(C)c(=O)n(C)c3c3n2-c2ccccc2N[C@@H]3c2ccc(C)cc2)cc1. The lowest BCUT2D eigenvalue weighted by atomic mass is 9.98. The topological polar surface area (TPSA) is 70.2 Å². The molecule has 1 atom stereocenters. The van der Waals surface area contributed by atoms with Crippen LogP contribution in [0.4, 0.5) is 5.69 Å². The molecule has 0 amide bonds. The number of aryl methyl sites for hydroxylation is 2. The molecule has 7 nitrogen and oxygen atoms in total. The number of ether oxygens (including phenoxy) is 1. The summed E-state index contributed by atoms with van der Waals surface area (Å²) in [4.78, 5) is 26.9. The monoisotopic (exact) mass is 478 g/mol. The number of nitrogens with one attached hydrogen (secondary N) is 1. The van der Waals surface area contributed by atoms with E-state index in [-0.39, 0.29) is 17.3 Å². The lowest BCUT2D eigenvalue weighted by Crippen LogP contribution is -2.37. The van der Waals surface area contributed by atoms with E-state index < -0.39 is 0 Å². The highest BCUT2D eigenvalue weighted by molar-refractivity contribution is 5.99. The molecule has 0 radical (unpaired) electrons. The number of hydrogen-bond donors (Lipinski definition) is 1. The molecule has 3 aromatic carbocycles. The van der Waals surface area contributed by atoms with Gasteiger partial charge in [-0.1, -0.05) is 42.0 Å². The summed E-state index contributed by atoms with van der Waals surface area (Å²) >= 11 is 0. The predicted octanol–water partition coefficient (Wildman–Crippen LogP) is 4.53. The number of nitrogens with zero attached hydrogens (tertiary/aromatic N) is 3. The summed E-state index contributed by atoms with van der Waals surface area (Å²) in [6, 6.07) is 23.8. The zero-order valence-electron chi connectivity index (χ0n) is 20.6. The van der Waals surface area contributed by atoms with Crippen LogP contribution in [0.15, 0.2) is 82.4 Å². The van der Waals surface area contributed by atoms with Gasteiger partial charge in [-0.25, -0.2) is 4.79 Å². The predicted molar refractivity (Wildman–Crippen MR) is 142 cm³/mol. The minimum Gasteiger partial charge on any atom is -0.497 e. The van der Waals surface area contributed by atoms with Gasteiger partial charge in [-0.2, -0.15) is 0 Å². The average molecular weight is 479 g/mol. The number of anilines is 1. The van der Waals surface area contributed by atoms with Crippen LogP contribution < -0.4 is 21.3 Å². The van der Waals surface area contributed by atoms with Crippen LogP contribution in [0.2, 0.25) is 0 Å². The molecule has 36 heavy (non-hydrogen) atoms. The first-order valence-corrected chi connectivity index (χ1v) is 11.8. The summed E-state index contributed by atoms with van der Waals surface area (Å²) in [5.41, 5.74) is 6.51. The molecule has 1 aliphatic rings. The molecule has 0 unspecified atom stereocenters. The van der Waals surface area contributed by atoms with Crippen LogP contribution in [-0.2, 0) is 14.1 Å². The van der Waals surface area contributed by atoms with Crippen molar-refractivity contribution in [3.05, 3.63) is 110 Å². The molecule has 5 aromatic rings. The molecule has 0 saturated carbocycles. The number of rotatable bonds is 3. The first-order valence-electron chi connectivity index (χ1n) is 11.8. The molecule has 2 aromatic heterocycles. The zero-order chi connectivity index (χ0) is 25.1. The van der Waals surface area contributed by atoms with Gasteiger partial charge in [0.2, 0.25) is 0 Å². The van der Waals surface area contributed by atoms with Crippen LogP contribution in [0, 0.1) is 6.92 Å². The Labute approximate surface area is 207 Å². The third-order valence-electron chi connectivity index (χ3n) is 7.10. The van der Waals surface area contributed by atoms with Crippen LogP contribution in [0.1, 0.15) is 22.9 Å². The maximum Gasteiger partial charge on any atom is 0.331 e. The Morgan fingerprint density at radius 3 is 2.25 bits per heavy atom. The highest BCUT2D eigenvalue weighted by Crippen LogP contribution is 2.45. The van der Waals surface area contributed by atoms with E-state index in [1.807, 2.05) is 48.5 Å². The normalized spacial score (nSPS) is 14.3. The van der Waals surface area contributed by atoms with Crippen LogP contribution in [0.5, 0.6) is 5.75 Å². The van der Waals surface area contributed by atoms with Crippen molar-refractivity contribution in [1.29, 1.82) is 0 Å². The van der Waals surface area contributed by atoms with E-state index in [0.717, 1.165) is 45.2 Å². The molecule has 1 aliphatic heterocycles. The van der Waals surface area contributed by atoms with E-state index >= 15 is 0 Å². The van der Waals surface area contributed by atoms with Crippen molar-refractivity contribution >= 4 is 16.6 Å². The van der Waals surface area contributed by atoms with E-state index in [9.17, 15) is 9.59 Å². The minimum atomic E-state index is -0.358. The van der Waals surface area contributed by atoms with Crippen LogP contribution >= 0.6 is 0 Å². The number of methoxy groups -OCH3 is 1. The van der Waals surface area contributed by atoms with Crippen molar-refractivity contribution in [3.63, 3.8) is 0 Å². The van der Waals surface area contributed by atoms with Gasteiger partial charge in [0.25, 0.3) is 5.56 Å².